The van der Waals surface area contributed by atoms with E-state index in [9.17, 15) is 9.59 Å². The molecule has 126 valence electrons. The Kier molecular flexibility index (Phi) is 7.25. The largest absolute Gasteiger partial charge is 0.382 e. The molecule has 0 unspecified atom stereocenters. The summed E-state index contributed by atoms with van der Waals surface area (Å²) in [7, 11) is 1.59. The first-order valence-corrected chi connectivity index (χ1v) is 8.59. The van der Waals surface area contributed by atoms with Crippen molar-refractivity contribution in [2.75, 3.05) is 53.1 Å². The van der Waals surface area contributed by atoms with Gasteiger partial charge in [-0.15, -0.1) is 0 Å². The van der Waals surface area contributed by atoms with Crippen molar-refractivity contribution in [3.8, 4) is 0 Å². The van der Waals surface area contributed by atoms with Gasteiger partial charge in [-0.2, -0.15) is 0 Å². The first-order valence-electron chi connectivity index (χ1n) is 7.51. The molecule has 1 aliphatic rings. The number of halogens is 1. The molecule has 0 saturated carbocycles. The molecule has 1 aromatic carbocycles. The number of hydrogen-bond acceptors (Lipinski definition) is 4. The van der Waals surface area contributed by atoms with E-state index in [4.69, 9.17) is 9.47 Å². The van der Waals surface area contributed by atoms with Crippen molar-refractivity contribution in [3.63, 3.8) is 0 Å². The van der Waals surface area contributed by atoms with E-state index >= 15 is 0 Å². The van der Waals surface area contributed by atoms with Gasteiger partial charge in [-0.05, 0) is 34.7 Å². The number of carbonyl (C=O) groups is 2. The van der Waals surface area contributed by atoms with Crippen molar-refractivity contribution in [2.45, 2.75) is 0 Å². The monoisotopic (exact) mass is 432 g/mol. The molecule has 0 aromatic heterocycles. The fraction of sp³-hybridized carbons (Fsp3) is 0.500. The Morgan fingerprint density at radius 3 is 2.39 bits per heavy atom. The Bertz CT molecular complexity index is 545. The van der Waals surface area contributed by atoms with E-state index in [1.54, 1.807) is 16.9 Å². The first-order chi connectivity index (χ1) is 11.1. The minimum Gasteiger partial charge on any atom is -0.382 e. The van der Waals surface area contributed by atoms with Crippen LogP contribution in [-0.4, -0.2) is 74.7 Å². The molecule has 7 heteroatoms. The molecule has 23 heavy (non-hydrogen) atoms. The third kappa shape index (κ3) is 5.15. The molecule has 1 fully saturated rings. The van der Waals surface area contributed by atoms with Crippen molar-refractivity contribution in [3.05, 3.63) is 33.4 Å². The van der Waals surface area contributed by atoms with Gasteiger partial charge in [-0.25, -0.2) is 0 Å². The van der Waals surface area contributed by atoms with Crippen LogP contribution in [0.1, 0.15) is 10.4 Å². The Labute approximate surface area is 149 Å². The lowest BCUT2D eigenvalue weighted by Gasteiger charge is -2.35. The highest BCUT2D eigenvalue weighted by atomic mass is 127. The number of methoxy groups -OCH3 is 1. The topological polar surface area (TPSA) is 59.1 Å². The van der Waals surface area contributed by atoms with Gasteiger partial charge in [0.1, 0.15) is 6.61 Å². The highest BCUT2D eigenvalue weighted by molar-refractivity contribution is 14.1. The maximum Gasteiger partial charge on any atom is 0.255 e. The standard InChI is InChI=1S/C16H21IN2O4/c1-22-10-11-23-12-15(20)18-6-8-19(9-7-18)16(21)13-4-2-3-5-14(13)17/h2-5H,6-12H2,1H3. The van der Waals surface area contributed by atoms with Crippen LogP contribution in [0.15, 0.2) is 24.3 Å². The Balaban J connectivity index is 1.80. The predicted octanol–water partition coefficient (Wildman–Crippen LogP) is 1.24. The quantitative estimate of drug-likeness (QED) is 0.502. The fourth-order valence-corrected chi connectivity index (χ4v) is 2.98. The average Bonchev–Trinajstić information content (AvgIpc) is 2.58. The number of ether oxygens (including phenoxy) is 2. The Morgan fingerprint density at radius 2 is 1.74 bits per heavy atom. The molecule has 1 saturated heterocycles. The minimum absolute atomic E-state index is 0.0263. The number of piperazine rings is 1. The molecule has 2 rings (SSSR count). The molecule has 0 spiro atoms. The fourth-order valence-electron chi connectivity index (χ4n) is 2.36. The molecule has 0 N–H and O–H groups in total. The van der Waals surface area contributed by atoms with Crippen molar-refractivity contribution < 1.29 is 19.1 Å². The average molecular weight is 432 g/mol. The van der Waals surface area contributed by atoms with Gasteiger partial charge in [0.25, 0.3) is 5.91 Å². The molecule has 0 aliphatic carbocycles. The highest BCUT2D eigenvalue weighted by Gasteiger charge is 2.25. The summed E-state index contributed by atoms with van der Waals surface area (Å²) in [6.07, 6.45) is 0. The van der Waals surface area contributed by atoms with Crippen molar-refractivity contribution in [1.29, 1.82) is 0 Å². The van der Waals surface area contributed by atoms with Crippen LogP contribution in [0.2, 0.25) is 0 Å². The summed E-state index contributed by atoms with van der Waals surface area (Å²) < 4.78 is 11.1. The van der Waals surface area contributed by atoms with Gasteiger partial charge in [0.2, 0.25) is 5.91 Å². The van der Waals surface area contributed by atoms with E-state index in [1.165, 1.54) is 0 Å². The van der Waals surface area contributed by atoms with Crippen LogP contribution in [0.25, 0.3) is 0 Å². The molecule has 0 radical (unpaired) electrons. The summed E-state index contributed by atoms with van der Waals surface area (Å²) in [5.74, 6) is -0.0130. The van der Waals surface area contributed by atoms with Crippen LogP contribution in [-0.2, 0) is 14.3 Å². The van der Waals surface area contributed by atoms with Crippen LogP contribution >= 0.6 is 22.6 Å². The Morgan fingerprint density at radius 1 is 1.09 bits per heavy atom. The molecule has 1 aromatic rings. The SMILES string of the molecule is COCCOCC(=O)N1CCN(C(=O)c2ccccc2I)CC1. The van der Waals surface area contributed by atoms with E-state index in [-0.39, 0.29) is 18.4 Å². The van der Waals surface area contributed by atoms with E-state index < -0.39 is 0 Å². The summed E-state index contributed by atoms with van der Waals surface area (Å²) in [6, 6.07) is 7.54. The highest BCUT2D eigenvalue weighted by Crippen LogP contribution is 2.15. The lowest BCUT2D eigenvalue weighted by molar-refractivity contribution is -0.138. The Hall–Kier alpha value is -1.19. The van der Waals surface area contributed by atoms with E-state index in [1.807, 2.05) is 24.3 Å². The second-order valence-electron chi connectivity index (χ2n) is 5.20. The maximum atomic E-state index is 12.5. The normalized spacial score (nSPS) is 14.9. The lowest BCUT2D eigenvalue weighted by Crippen LogP contribution is -2.51. The van der Waals surface area contributed by atoms with E-state index in [0.717, 1.165) is 9.13 Å². The van der Waals surface area contributed by atoms with Crippen molar-refractivity contribution in [2.24, 2.45) is 0 Å². The molecular weight excluding hydrogens is 411 g/mol. The molecule has 1 heterocycles. The zero-order chi connectivity index (χ0) is 16.7. The van der Waals surface area contributed by atoms with Crippen molar-refractivity contribution in [1.82, 2.24) is 9.80 Å². The van der Waals surface area contributed by atoms with Gasteiger partial charge >= 0.3 is 0 Å². The molecule has 6 nitrogen and oxygen atoms in total. The summed E-state index contributed by atoms with van der Waals surface area (Å²) in [4.78, 5) is 28.1. The summed E-state index contributed by atoms with van der Waals surface area (Å²) in [5, 5.41) is 0. The lowest BCUT2D eigenvalue weighted by atomic mass is 10.2. The van der Waals surface area contributed by atoms with E-state index in [2.05, 4.69) is 22.6 Å². The minimum atomic E-state index is -0.0394. The summed E-state index contributed by atoms with van der Waals surface area (Å²) in [6.45, 7) is 3.14. The number of nitrogens with zero attached hydrogens (tertiary/aromatic N) is 2. The second-order valence-corrected chi connectivity index (χ2v) is 6.36. The zero-order valence-corrected chi connectivity index (χ0v) is 15.3. The van der Waals surface area contributed by atoms with Crippen LogP contribution in [0, 0.1) is 3.57 Å². The van der Waals surface area contributed by atoms with Gasteiger partial charge in [-0.3, -0.25) is 9.59 Å². The van der Waals surface area contributed by atoms with E-state index in [0.29, 0.717) is 39.4 Å². The smallest absolute Gasteiger partial charge is 0.255 e. The predicted molar refractivity (Wildman–Crippen MR) is 94.3 cm³/mol. The van der Waals surface area contributed by atoms with Gasteiger partial charge < -0.3 is 19.3 Å². The molecule has 0 bridgehead atoms. The number of benzene rings is 1. The van der Waals surface area contributed by atoms with Gasteiger partial charge in [-0.1, -0.05) is 12.1 Å². The van der Waals surface area contributed by atoms with Crippen LogP contribution < -0.4 is 0 Å². The summed E-state index contributed by atoms with van der Waals surface area (Å²) >= 11 is 2.17. The van der Waals surface area contributed by atoms with Crippen LogP contribution in [0.3, 0.4) is 0 Å². The first kappa shape index (κ1) is 18.2. The summed E-state index contributed by atoms with van der Waals surface area (Å²) in [5.41, 5.74) is 0.718. The number of carbonyl (C=O) groups excluding carboxylic acids is 2. The van der Waals surface area contributed by atoms with Gasteiger partial charge in [0, 0.05) is 36.9 Å². The van der Waals surface area contributed by atoms with Gasteiger partial charge in [0.15, 0.2) is 0 Å². The van der Waals surface area contributed by atoms with Crippen LogP contribution in [0.4, 0.5) is 0 Å². The molecule has 1 aliphatic heterocycles. The molecule has 2 amide bonds. The third-order valence-electron chi connectivity index (χ3n) is 3.68. The molecular formula is C16H21IN2O4. The third-order valence-corrected chi connectivity index (χ3v) is 4.62. The van der Waals surface area contributed by atoms with Crippen LogP contribution in [0.5, 0.6) is 0 Å². The second kappa shape index (κ2) is 9.19. The number of rotatable bonds is 6. The number of amides is 2. The van der Waals surface area contributed by atoms with Crippen molar-refractivity contribution >= 4 is 34.4 Å². The van der Waals surface area contributed by atoms with Gasteiger partial charge in [0.05, 0.1) is 18.8 Å². The molecule has 0 atom stereocenters. The number of hydrogen-bond donors (Lipinski definition) is 0. The maximum absolute atomic E-state index is 12.5. The zero-order valence-electron chi connectivity index (χ0n) is 13.2.